The fourth-order valence-electron chi connectivity index (χ4n) is 3.52. The molecule has 198 valence electrons. The first kappa shape index (κ1) is 28.7. The molecule has 11 atom stereocenters. The lowest BCUT2D eigenvalue weighted by molar-refractivity contribution is -0.359. The Bertz CT molecular complexity index is 779. The van der Waals surface area contributed by atoms with Crippen molar-refractivity contribution < 1.29 is 54.7 Å². The van der Waals surface area contributed by atoms with Crippen molar-refractivity contribution in [3.05, 3.63) is 37.1 Å². The van der Waals surface area contributed by atoms with Gasteiger partial charge in [-0.1, -0.05) is 22.9 Å². The zero-order chi connectivity index (χ0) is 25.5. The fourth-order valence-corrected chi connectivity index (χ4v) is 5.56. The summed E-state index contributed by atoms with van der Waals surface area (Å²) in [6, 6.07) is 5.51. The van der Waals surface area contributed by atoms with E-state index in [0.29, 0.717) is 0 Å². The summed E-state index contributed by atoms with van der Waals surface area (Å²) in [7, 11) is 2.83. The molecular weight excluding hydrogens is 506 g/mol. The van der Waals surface area contributed by atoms with Crippen LogP contribution in [0.3, 0.4) is 0 Å². The Hall–Kier alpha value is -0.850. The van der Waals surface area contributed by atoms with Crippen LogP contribution in [-0.2, 0) is 18.9 Å². The summed E-state index contributed by atoms with van der Waals surface area (Å²) in [4.78, 5) is 4.22. The van der Waals surface area contributed by atoms with Crippen molar-refractivity contribution in [3.63, 3.8) is 0 Å². The van der Waals surface area contributed by atoms with Gasteiger partial charge in [0.05, 0.1) is 25.1 Å². The third-order valence-electron chi connectivity index (χ3n) is 5.54. The lowest BCUT2D eigenvalue weighted by Crippen LogP contribution is -2.64. The van der Waals surface area contributed by atoms with Crippen molar-refractivity contribution in [1.29, 1.82) is 0 Å². The lowest BCUT2D eigenvalue weighted by Gasteiger charge is -2.46. The van der Waals surface area contributed by atoms with E-state index in [1.165, 1.54) is 21.6 Å². The average Bonchev–Trinajstić information content (AvgIpc) is 2.88. The van der Waals surface area contributed by atoms with Crippen LogP contribution in [0.25, 0.3) is 0 Å². The van der Waals surface area contributed by atoms with Crippen LogP contribution in [0.15, 0.2) is 42.1 Å². The van der Waals surface area contributed by atoms with Crippen LogP contribution in [0.5, 0.6) is 0 Å². The van der Waals surface area contributed by atoms with Crippen LogP contribution in [0, 0.1) is 0 Å². The zero-order valence-electron chi connectivity index (χ0n) is 18.6. The normalized spacial score (nSPS) is 38.7. The Morgan fingerprint density at radius 3 is 2.26 bits per heavy atom. The predicted octanol–water partition coefficient (Wildman–Crippen LogP) is -1.98. The van der Waals surface area contributed by atoms with Crippen molar-refractivity contribution >= 4 is 21.6 Å². The van der Waals surface area contributed by atoms with Crippen molar-refractivity contribution in [3.8, 4) is 0 Å². The summed E-state index contributed by atoms with van der Waals surface area (Å²) < 4.78 is 22.1. The van der Waals surface area contributed by atoms with Gasteiger partial charge in [-0.3, -0.25) is 0 Å². The van der Waals surface area contributed by atoms with Crippen LogP contribution in [0.2, 0.25) is 0 Å². The molecule has 2 aliphatic rings. The van der Waals surface area contributed by atoms with E-state index < -0.39 is 74.6 Å². The molecule has 2 saturated heterocycles. The van der Waals surface area contributed by atoms with Crippen molar-refractivity contribution in [2.75, 3.05) is 19.8 Å². The van der Waals surface area contributed by atoms with Gasteiger partial charge in [-0.25, -0.2) is 4.98 Å². The maximum atomic E-state index is 10.8. The number of hydrogen-bond donors (Lipinski definition) is 7. The molecule has 2 fully saturated rings. The number of aromatic nitrogens is 1. The van der Waals surface area contributed by atoms with E-state index in [9.17, 15) is 35.7 Å². The predicted molar refractivity (Wildman–Crippen MR) is 124 cm³/mol. The number of pyridine rings is 1. The Balaban J connectivity index is 1.63. The maximum Gasteiger partial charge on any atom is 0.187 e. The molecule has 0 aromatic carbocycles. The first-order chi connectivity index (χ1) is 16.8. The van der Waals surface area contributed by atoms with Crippen molar-refractivity contribution in [1.82, 2.24) is 4.98 Å². The monoisotopic (exact) mass is 537 g/mol. The molecule has 7 N–H and O–H groups in total. The number of aliphatic hydroxyl groups is 7. The SMILES string of the molecule is C=CC(CO[C@@H]1O[C@H](CO)[C@@H](O)[C@H](O[C@@H]2O[C@H](CO)[C@@H](O)[C@H](O)[C@H]2O)[C@H]1O)SSc1ccccn1. The van der Waals surface area contributed by atoms with Crippen LogP contribution in [0.4, 0.5) is 0 Å². The highest BCUT2D eigenvalue weighted by molar-refractivity contribution is 8.77. The van der Waals surface area contributed by atoms with Gasteiger partial charge in [-0.15, -0.1) is 6.58 Å². The maximum absolute atomic E-state index is 10.8. The molecule has 14 heteroatoms. The number of nitrogens with zero attached hydrogens (tertiary/aromatic N) is 1. The van der Waals surface area contributed by atoms with Gasteiger partial charge in [-0.2, -0.15) is 0 Å². The van der Waals surface area contributed by atoms with Crippen LogP contribution in [0.1, 0.15) is 0 Å². The Kier molecular flexibility index (Phi) is 11.2. The largest absolute Gasteiger partial charge is 0.394 e. The first-order valence-corrected chi connectivity index (χ1v) is 13.1. The third-order valence-corrected chi connectivity index (χ3v) is 8.17. The van der Waals surface area contributed by atoms with Gasteiger partial charge in [-0.05, 0) is 22.9 Å². The van der Waals surface area contributed by atoms with Crippen molar-refractivity contribution in [2.45, 2.75) is 71.7 Å². The molecule has 3 rings (SSSR count). The van der Waals surface area contributed by atoms with E-state index >= 15 is 0 Å². The Morgan fingerprint density at radius 1 is 0.943 bits per heavy atom. The first-order valence-electron chi connectivity index (χ1n) is 10.9. The summed E-state index contributed by atoms with van der Waals surface area (Å²) in [6.45, 7) is 2.53. The van der Waals surface area contributed by atoms with Crippen LogP contribution in [-0.4, -0.2) is 127 Å². The second-order valence-corrected chi connectivity index (χ2v) is 10.4. The average molecular weight is 538 g/mol. The van der Waals surface area contributed by atoms with Gasteiger partial charge in [0.1, 0.15) is 53.9 Å². The number of aliphatic hydroxyl groups excluding tert-OH is 7. The van der Waals surface area contributed by atoms with E-state index in [1.54, 1.807) is 18.3 Å². The van der Waals surface area contributed by atoms with Gasteiger partial charge in [0.25, 0.3) is 0 Å². The molecule has 3 heterocycles. The molecule has 0 radical (unpaired) electrons. The Labute approximate surface area is 209 Å². The van der Waals surface area contributed by atoms with E-state index in [2.05, 4.69) is 11.6 Å². The van der Waals surface area contributed by atoms with Gasteiger partial charge in [0.2, 0.25) is 0 Å². The van der Waals surface area contributed by atoms with E-state index in [-0.39, 0.29) is 11.9 Å². The Morgan fingerprint density at radius 2 is 1.63 bits per heavy atom. The summed E-state index contributed by atoms with van der Waals surface area (Å²) >= 11 is 0. The standard InChI is InChI=1S/C21H31NO11S2/c1-2-10(34-35-13-5-3-4-6-22-13)9-30-20-18(29)19(15(26)12(8-24)31-20)33-21-17(28)16(27)14(25)11(7-23)32-21/h2-6,10-12,14-21,23-29H,1,7-9H2/t10?,11-,12-,14-,15-,16+,17-,18-,19+,20-,21+/m1/s1. The molecule has 35 heavy (non-hydrogen) atoms. The van der Waals surface area contributed by atoms with Crippen molar-refractivity contribution in [2.24, 2.45) is 0 Å². The molecule has 0 bridgehead atoms. The molecule has 1 unspecified atom stereocenters. The minimum absolute atomic E-state index is 0.0523. The van der Waals surface area contributed by atoms with E-state index in [4.69, 9.17) is 18.9 Å². The third kappa shape index (κ3) is 7.13. The smallest absolute Gasteiger partial charge is 0.187 e. The quantitative estimate of drug-likeness (QED) is 0.121. The summed E-state index contributed by atoms with van der Waals surface area (Å²) in [6.07, 6.45) is -11.7. The summed E-state index contributed by atoms with van der Waals surface area (Å²) in [5.41, 5.74) is 0. The highest BCUT2D eigenvalue weighted by Crippen LogP contribution is 2.35. The summed E-state index contributed by atoms with van der Waals surface area (Å²) in [5, 5.41) is 71.0. The topological polar surface area (TPSA) is 191 Å². The molecule has 0 amide bonds. The van der Waals surface area contributed by atoms with Gasteiger partial charge in [0.15, 0.2) is 12.6 Å². The second-order valence-electron chi connectivity index (χ2n) is 7.96. The minimum Gasteiger partial charge on any atom is -0.394 e. The molecule has 0 saturated carbocycles. The lowest BCUT2D eigenvalue weighted by atomic mass is 9.97. The zero-order valence-corrected chi connectivity index (χ0v) is 20.2. The second kappa shape index (κ2) is 13.6. The number of rotatable bonds is 11. The molecule has 2 aliphatic heterocycles. The molecule has 1 aromatic heterocycles. The number of hydrogen-bond acceptors (Lipinski definition) is 14. The van der Waals surface area contributed by atoms with Crippen LogP contribution >= 0.6 is 21.6 Å². The highest BCUT2D eigenvalue weighted by atomic mass is 33.1. The molecular formula is C21H31NO11S2. The minimum atomic E-state index is -1.74. The van der Waals surface area contributed by atoms with Gasteiger partial charge < -0.3 is 54.7 Å². The molecule has 0 spiro atoms. The molecule has 1 aromatic rings. The van der Waals surface area contributed by atoms with E-state index in [1.807, 2.05) is 12.1 Å². The van der Waals surface area contributed by atoms with Gasteiger partial charge in [0, 0.05) is 6.20 Å². The fraction of sp³-hybridized carbons (Fsp3) is 0.667. The number of ether oxygens (including phenoxy) is 4. The molecule has 0 aliphatic carbocycles. The highest BCUT2D eigenvalue weighted by Gasteiger charge is 2.50. The van der Waals surface area contributed by atoms with Gasteiger partial charge >= 0.3 is 0 Å². The van der Waals surface area contributed by atoms with Crippen LogP contribution < -0.4 is 0 Å². The molecule has 12 nitrogen and oxygen atoms in total. The van der Waals surface area contributed by atoms with E-state index in [0.717, 1.165) is 5.03 Å². The summed E-state index contributed by atoms with van der Waals surface area (Å²) in [5.74, 6) is 0.